The number of nitrogens with zero attached hydrogens (tertiary/aromatic N) is 1. The van der Waals surface area contributed by atoms with Crippen LogP contribution in [0.1, 0.15) is 33.1 Å². The second-order valence-corrected chi connectivity index (χ2v) is 6.53. The summed E-state index contributed by atoms with van der Waals surface area (Å²) in [6, 6.07) is 0. The van der Waals surface area contributed by atoms with E-state index >= 15 is 0 Å². The van der Waals surface area contributed by atoms with E-state index in [1.54, 1.807) is 0 Å². The summed E-state index contributed by atoms with van der Waals surface area (Å²) in [5, 5.41) is 3.25. The summed E-state index contributed by atoms with van der Waals surface area (Å²) in [6.45, 7) is 7.42. The zero-order valence-electron chi connectivity index (χ0n) is 11.3. The van der Waals surface area contributed by atoms with Crippen LogP contribution < -0.4 is 5.32 Å². The van der Waals surface area contributed by atoms with Gasteiger partial charge < -0.3 is 10.2 Å². The highest BCUT2D eigenvalue weighted by atomic mass is 16.2. The van der Waals surface area contributed by atoms with E-state index in [2.05, 4.69) is 19.2 Å². The molecule has 2 bridgehead atoms. The fourth-order valence-electron chi connectivity index (χ4n) is 4.32. The van der Waals surface area contributed by atoms with Crippen LogP contribution in [0.4, 0.5) is 0 Å². The number of hydrogen-bond acceptors (Lipinski definition) is 3. The van der Waals surface area contributed by atoms with Crippen molar-refractivity contribution in [3.05, 3.63) is 0 Å². The number of fused-ring (bicyclic) bond motifs is 2. The number of carbonyl (C=O) groups excluding carboxylic acids is 2. The maximum atomic E-state index is 12.9. The molecule has 3 rings (SSSR count). The molecule has 0 aromatic carbocycles. The van der Waals surface area contributed by atoms with Crippen LogP contribution in [0.15, 0.2) is 0 Å². The SMILES string of the molecule is CC1(C)[C@@H]2CC[C@]1(C(=O)N1CCNCC1)C(=O)C2. The average molecular weight is 250 g/mol. The van der Waals surface area contributed by atoms with E-state index in [0.717, 1.165) is 39.0 Å². The van der Waals surface area contributed by atoms with Gasteiger partial charge in [-0.3, -0.25) is 9.59 Å². The van der Waals surface area contributed by atoms with E-state index < -0.39 is 5.41 Å². The fourth-order valence-corrected chi connectivity index (χ4v) is 4.32. The molecule has 0 radical (unpaired) electrons. The molecule has 0 unspecified atom stereocenters. The van der Waals surface area contributed by atoms with Crippen LogP contribution in [0.5, 0.6) is 0 Å². The Morgan fingerprint density at radius 3 is 2.50 bits per heavy atom. The second-order valence-electron chi connectivity index (χ2n) is 6.53. The summed E-state index contributed by atoms with van der Waals surface area (Å²) in [4.78, 5) is 27.2. The third-order valence-corrected chi connectivity index (χ3v) is 5.67. The maximum absolute atomic E-state index is 12.9. The van der Waals surface area contributed by atoms with Gasteiger partial charge in [-0.05, 0) is 24.2 Å². The minimum absolute atomic E-state index is 0.110. The monoisotopic (exact) mass is 250 g/mol. The van der Waals surface area contributed by atoms with Crippen molar-refractivity contribution in [3.8, 4) is 0 Å². The summed E-state index contributed by atoms with van der Waals surface area (Å²) in [7, 11) is 0. The summed E-state index contributed by atoms with van der Waals surface area (Å²) >= 11 is 0. The van der Waals surface area contributed by atoms with Crippen molar-refractivity contribution in [1.82, 2.24) is 10.2 Å². The lowest BCUT2D eigenvalue weighted by Gasteiger charge is -2.40. The first-order valence-electron chi connectivity index (χ1n) is 7.03. The Balaban J connectivity index is 1.93. The lowest BCUT2D eigenvalue weighted by Crippen LogP contribution is -2.56. The normalized spacial score (nSPS) is 38.2. The van der Waals surface area contributed by atoms with Crippen molar-refractivity contribution in [3.63, 3.8) is 0 Å². The van der Waals surface area contributed by atoms with Gasteiger partial charge in [-0.15, -0.1) is 0 Å². The van der Waals surface area contributed by atoms with Gasteiger partial charge in [-0.25, -0.2) is 0 Å². The van der Waals surface area contributed by atoms with Gasteiger partial charge in [0.2, 0.25) is 5.91 Å². The van der Waals surface area contributed by atoms with Crippen LogP contribution in [0, 0.1) is 16.7 Å². The molecule has 18 heavy (non-hydrogen) atoms. The Morgan fingerprint density at radius 1 is 1.33 bits per heavy atom. The highest BCUT2D eigenvalue weighted by Gasteiger charge is 2.68. The summed E-state index contributed by atoms with van der Waals surface area (Å²) < 4.78 is 0. The van der Waals surface area contributed by atoms with Crippen LogP contribution in [0.2, 0.25) is 0 Å². The molecule has 4 nitrogen and oxygen atoms in total. The van der Waals surface area contributed by atoms with Gasteiger partial charge in [0.15, 0.2) is 0 Å². The van der Waals surface area contributed by atoms with Gasteiger partial charge in [0, 0.05) is 32.6 Å². The summed E-state index contributed by atoms with van der Waals surface area (Å²) in [5.41, 5.74) is -0.846. The first-order valence-corrected chi connectivity index (χ1v) is 7.03. The molecule has 2 aliphatic carbocycles. The first-order chi connectivity index (χ1) is 8.50. The van der Waals surface area contributed by atoms with Crippen molar-refractivity contribution < 1.29 is 9.59 Å². The largest absolute Gasteiger partial charge is 0.339 e. The first kappa shape index (κ1) is 12.2. The predicted octanol–water partition coefficient (Wildman–Crippen LogP) is 0.814. The molecule has 1 saturated heterocycles. The standard InChI is InChI=1S/C14H22N2O2/c1-13(2)10-3-4-14(13,11(17)9-10)12(18)16-7-5-15-6-8-16/h10,15H,3-9H2,1-2H3/t10-,14-/m1/s1. The van der Waals surface area contributed by atoms with Gasteiger partial charge in [0.1, 0.15) is 11.2 Å². The Labute approximate surface area is 108 Å². The van der Waals surface area contributed by atoms with Gasteiger partial charge in [-0.2, -0.15) is 0 Å². The summed E-state index contributed by atoms with van der Waals surface area (Å²) in [6.07, 6.45) is 2.42. The van der Waals surface area contributed by atoms with Gasteiger partial charge in [0.05, 0.1) is 0 Å². The highest BCUT2D eigenvalue weighted by molar-refractivity contribution is 6.09. The zero-order chi connectivity index (χ0) is 13.0. The highest BCUT2D eigenvalue weighted by Crippen LogP contribution is 2.64. The molecule has 2 saturated carbocycles. The average Bonchev–Trinajstić information content (AvgIpc) is 2.73. The fraction of sp³-hybridized carbons (Fsp3) is 0.857. The molecule has 1 aliphatic heterocycles. The van der Waals surface area contributed by atoms with Gasteiger partial charge >= 0.3 is 0 Å². The van der Waals surface area contributed by atoms with Gasteiger partial charge in [0.25, 0.3) is 0 Å². The molecule has 1 heterocycles. The Morgan fingerprint density at radius 2 is 2.00 bits per heavy atom. The Kier molecular flexibility index (Phi) is 2.56. The number of ketones is 1. The van der Waals surface area contributed by atoms with Crippen LogP contribution >= 0.6 is 0 Å². The molecule has 1 amide bonds. The lowest BCUT2D eigenvalue weighted by molar-refractivity contribution is -0.153. The molecule has 0 spiro atoms. The maximum Gasteiger partial charge on any atom is 0.236 e. The van der Waals surface area contributed by atoms with Crippen molar-refractivity contribution in [1.29, 1.82) is 0 Å². The minimum Gasteiger partial charge on any atom is -0.339 e. The van der Waals surface area contributed by atoms with E-state index in [4.69, 9.17) is 0 Å². The van der Waals surface area contributed by atoms with Crippen LogP contribution in [0.3, 0.4) is 0 Å². The number of nitrogens with one attached hydrogen (secondary N) is 1. The smallest absolute Gasteiger partial charge is 0.236 e. The molecule has 3 aliphatic rings. The third kappa shape index (κ3) is 1.30. The van der Waals surface area contributed by atoms with E-state index in [1.807, 2.05) is 4.90 Å². The molecule has 4 heteroatoms. The number of carbonyl (C=O) groups is 2. The van der Waals surface area contributed by atoms with E-state index in [9.17, 15) is 9.59 Å². The van der Waals surface area contributed by atoms with Crippen LogP contribution in [-0.4, -0.2) is 42.8 Å². The van der Waals surface area contributed by atoms with Crippen molar-refractivity contribution >= 4 is 11.7 Å². The topological polar surface area (TPSA) is 49.4 Å². The molecule has 3 fully saturated rings. The van der Waals surface area contributed by atoms with E-state index in [-0.39, 0.29) is 17.1 Å². The van der Waals surface area contributed by atoms with Crippen molar-refractivity contribution in [2.45, 2.75) is 33.1 Å². The third-order valence-electron chi connectivity index (χ3n) is 5.67. The number of hydrogen-bond donors (Lipinski definition) is 1. The van der Waals surface area contributed by atoms with Crippen molar-refractivity contribution in [2.75, 3.05) is 26.2 Å². The summed E-state index contributed by atoms with van der Waals surface area (Å²) in [5.74, 6) is 0.725. The molecule has 0 aromatic rings. The minimum atomic E-state index is -0.699. The quantitative estimate of drug-likeness (QED) is 0.701. The number of Topliss-reactive ketones (excluding diaryl/α,β-unsaturated/α-hetero) is 1. The van der Waals surface area contributed by atoms with Crippen molar-refractivity contribution in [2.24, 2.45) is 16.7 Å². The lowest BCUT2D eigenvalue weighted by atomic mass is 9.68. The van der Waals surface area contributed by atoms with Crippen LogP contribution in [0.25, 0.3) is 0 Å². The number of amides is 1. The molecule has 1 N–H and O–H groups in total. The molecule has 2 atom stereocenters. The molecule has 0 aromatic heterocycles. The molecule has 100 valence electrons. The van der Waals surface area contributed by atoms with E-state index in [0.29, 0.717) is 12.3 Å². The molecular formula is C14H22N2O2. The van der Waals surface area contributed by atoms with Crippen LogP contribution in [-0.2, 0) is 9.59 Å². The number of piperazine rings is 1. The second kappa shape index (κ2) is 3.80. The Hall–Kier alpha value is -0.900. The zero-order valence-corrected chi connectivity index (χ0v) is 11.3. The Bertz CT molecular complexity index is 399. The van der Waals surface area contributed by atoms with Gasteiger partial charge in [-0.1, -0.05) is 13.8 Å². The predicted molar refractivity (Wildman–Crippen MR) is 68.0 cm³/mol. The molecular weight excluding hydrogens is 228 g/mol. The number of rotatable bonds is 1. The van der Waals surface area contributed by atoms with E-state index in [1.165, 1.54) is 0 Å².